The van der Waals surface area contributed by atoms with Gasteiger partial charge in [-0.05, 0) is 64.2 Å². The van der Waals surface area contributed by atoms with E-state index in [0.717, 1.165) is 57.8 Å². The Bertz CT molecular complexity index is 1480. The third kappa shape index (κ3) is 23.2. The molecule has 16 nitrogen and oxygen atoms in total. The minimum Gasteiger partial charge on any atom is -0.462 e. The Labute approximate surface area is 380 Å². The molecular weight excluding hydrogens is 851 g/mol. The smallest absolute Gasteiger partial charge is 0.462 e. The highest BCUT2D eigenvalue weighted by molar-refractivity contribution is 7.47. The van der Waals surface area contributed by atoms with Crippen molar-refractivity contribution in [2.24, 2.45) is 11.8 Å². The Morgan fingerprint density at radius 1 is 0.812 bits per heavy atom. The minimum absolute atomic E-state index is 0.00779. The summed E-state index contributed by atoms with van der Waals surface area (Å²) in [7, 11) is -5.46. The minimum atomic E-state index is -5.46. The molecule has 1 aliphatic heterocycles. The Kier molecular flexibility index (Phi) is 29.6. The molecule has 0 radical (unpaired) electrons. The number of allylic oxidation sites excluding steroid dienone is 6. The van der Waals surface area contributed by atoms with E-state index < -0.39 is 112 Å². The molecule has 0 aromatic heterocycles. The summed E-state index contributed by atoms with van der Waals surface area (Å²) in [5, 5.41) is 78.5. The van der Waals surface area contributed by atoms with E-state index in [4.69, 9.17) is 18.5 Å². The van der Waals surface area contributed by atoms with E-state index >= 15 is 0 Å². The molecule has 1 unspecified atom stereocenters. The second-order valence-electron chi connectivity index (χ2n) is 17.0. The molecule has 8 N–H and O–H groups in total. The summed E-state index contributed by atoms with van der Waals surface area (Å²) in [4.78, 5) is 50.0. The van der Waals surface area contributed by atoms with Gasteiger partial charge in [0, 0.05) is 31.1 Å². The number of ether oxygens (including phenoxy) is 2. The number of phosphoric ester groups is 1. The topological polar surface area (TPSA) is 267 Å². The molecule has 368 valence electrons. The molecule has 1 aliphatic carbocycles. The van der Waals surface area contributed by atoms with Gasteiger partial charge in [0.15, 0.2) is 6.10 Å². The largest absolute Gasteiger partial charge is 0.472 e. The van der Waals surface area contributed by atoms with Crippen molar-refractivity contribution >= 4 is 25.5 Å². The molecule has 1 fully saturated rings. The van der Waals surface area contributed by atoms with Gasteiger partial charge < -0.3 is 50.1 Å². The van der Waals surface area contributed by atoms with Crippen molar-refractivity contribution in [1.29, 1.82) is 0 Å². The predicted molar refractivity (Wildman–Crippen MR) is 240 cm³/mol. The van der Waals surface area contributed by atoms with Crippen LogP contribution >= 0.6 is 7.82 Å². The molecule has 1 heterocycles. The lowest BCUT2D eigenvalue weighted by molar-refractivity contribution is -0.166. The number of carbonyl (C=O) groups excluding carboxylic acids is 3. The van der Waals surface area contributed by atoms with Gasteiger partial charge in [0.1, 0.15) is 36.8 Å². The normalized spacial score (nSPS) is 32.0. The second-order valence-corrected chi connectivity index (χ2v) is 18.4. The maximum Gasteiger partial charge on any atom is 0.472 e. The van der Waals surface area contributed by atoms with E-state index in [1.807, 2.05) is 6.92 Å². The zero-order valence-electron chi connectivity index (χ0n) is 38.0. The summed E-state index contributed by atoms with van der Waals surface area (Å²) >= 11 is 0. The van der Waals surface area contributed by atoms with Crippen molar-refractivity contribution in [3.63, 3.8) is 0 Å². The van der Waals surface area contributed by atoms with E-state index in [1.165, 1.54) is 37.5 Å². The van der Waals surface area contributed by atoms with E-state index in [-0.39, 0.29) is 19.3 Å². The molecule has 2 aliphatic rings. The number of unbranched alkanes of at least 4 members (excludes halogenated alkanes) is 10. The van der Waals surface area contributed by atoms with E-state index in [9.17, 15) is 59.6 Å². The Balaban J connectivity index is 2.22. The van der Waals surface area contributed by atoms with Crippen LogP contribution in [0.5, 0.6) is 0 Å². The highest BCUT2D eigenvalue weighted by Crippen LogP contribution is 2.47. The quantitative estimate of drug-likeness (QED) is 0.0295. The number of Topliss-reactive ketones (excluding diaryl/α,β-unsaturated/α-hetero) is 1. The van der Waals surface area contributed by atoms with Gasteiger partial charge in [-0.2, -0.15) is 0 Å². The van der Waals surface area contributed by atoms with Crippen LogP contribution in [0, 0.1) is 11.8 Å². The number of ketones is 1. The van der Waals surface area contributed by atoms with Gasteiger partial charge in [-0.15, -0.1) is 0 Å². The number of hydrogen-bond donors (Lipinski definition) is 8. The Morgan fingerprint density at radius 3 is 2.16 bits per heavy atom. The van der Waals surface area contributed by atoms with Gasteiger partial charge in [0.25, 0.3) is 0 Å². The molecular formula is C47H79O16P. The summed E-state index contributed by atoms with van der Waals surface area (Å²) in [6, 6.07) is 0. The van der Waals surface area contributed by atoms with Crippen LogP contribution in [0.4, 0.5) is 0 Å². The van der Waals surface area contributed by atoms with Crippen LogP contribution in [0.1, 0.15) is 149 Å². The lowest BCUT2D eigenvalue weighted by Crippen LogP contribution is -2.55. The first-order valence-corrected chi connectivity index (χ1v) is 25.0. The number of rotatable bonds is 21. The zero-order valence-corrected chi connectivity index (χ0v) is 38.9. The number of cyclic esters (lactones) is 1. The highest BCUT2D eigenvalue weighted by atomic mass is 31.2. The molecule has 64 heavy (non-hydrogen) atoms. The fourth-order valence-electron chi connectivity index (χ4n) is 7.55. The Morgan fingerprint density at radius 2 is 1.45 bits per heavy atom. The summed E-state index contributed by atoms with van der Waals surface area (Å²) < 4.78 is 34.6. The Hall–Kier alpha value is -2.60. The maximum atomic E-state index is 13.6. The molecule has 0 spiro atoms. The molecule has 0 saturated heterocycles. The van der Waals surface area contributed by atoms with Crippen LogP contribution in [-0.2, 0) is 37.5 Å². The fraction of sp³-hybridized carbons (Fsp3) is 0.766. The van der Waals surface area contributed by atoms with Gasteiger partial charge in [-0.25, -0.2) is 4.57 Å². The van der Waals surface area contributed by atoms with Gasteiger partial charge in [-0.3, -0.25) is 23.4 Å². The standard InChI is InChI=1S/C47H79O16P/c1-3-5-7-8-9-10-11-12-13-14-15-16-17-18-24-28-41(52)62-35-32-60-40(51)27-23-20-19-22-26-36-38(49)31-39(50)37(30-29-34(48)25-21-6-4-2)43(54)45(56)47(46(57)44(55)42(36)53)63-64(58,59)61-33-35/h9-10,12-13,19,22,29-30,34-37,39,42-48,50,53-57H,3-8,11,14-18,20-21,23-28,31-33H2,1-2H3,(H,58,59)/b10-9-,13-12-,22-19-,30-29+/t34-,35+,36-,37-,39+,42+,43+,44-,45+,46+,47+/m0/s1. The van der Waals surface area contributed by atoms with Gasteiger partial charge in [0.2, 0.25) is 0 Å². The predicted octanol–water partition coefficient (Wildman–Crippen LogP) is 5.76. The summed E-state index contributed by atoms with van der Waals surface area (Å²) in [6.45, 7) is 2.75. The monoisotopic (exact) mass is 931 g/mol. The highest BCUT2D eigenvalue weighted by Gasteiger charge is 2.49. The van der Waals surface area contributed by atoms with Crippen molar-refractivity contribution in [1.82, 2.24) is 0 Å². The zero-order chi connectivity index (χ0) is 47.3. The van der Waals surface area contributed by atoms with E-state index in [2.05, 4.69) is 31.2 Å². The van der Waals surface area contributed by atoms with Crippen molar-refractivity contribution in [3.05, 3.63) is 48.6 Å². The molecule has 2 rings (SSSR count). The molecule has 17 heteroatoms. The van der Waals surface area contributed by atoms with Crippen molar-refractivity contribution < 1.29 is 78.1 Å². The van der Waals surface area contributed by atoms with Crippen LogP contribution in [0.3, 0.4) is 0 Å². The third-order valence-corrected chi connectivity index (χ3v) is 12.5. The third-order valence-electron chi connectivity index (χ3n) is 11.5. The molecule has 0 aromatic carbocycles. The molecule has 12 atom stereocenters. The summed E-state index contributed by atoms with van der Waals surface area (Å²) in [6.07, 6.45) is 9.64. The maximum absolute atomic E-state index is 13.6. The number of hydrogen-bond acceptors (Lipinski definition) is 15. The summed E-state index contributed by atoms with van der Waals surface area (Å²) in [5.41, 5.74) is 0. The first-order valence-electron chi connectivity index (χ1n) is 23.5. The van der Waals surface area contributed by atoms with Crippen LogP contribution in [0.25, 0.3) is 0 Å². The van der Waals surface area contributed by atoms with Crippen molar-refractivity contribution in [3.8, 4) is 0 Å². The first kappa shape index (κ1) is 57.5. The van der Waals surface area contributed by atoms with Gasteiger partial charge in [-0.1, -0.05) is 114 Å². The number of phosphoric acid groups is 1. The molecule has 2 bridgehead atoms. The van der Waals surface area contributed by atoms with Crippen molar-refractivity contribution in [2.75, 3.05) is 13.2 Å². The first-order chi connectivity index (χ1) is 30.6. The van der Waals surface area contributed by atoms with Gasteiger partial charge in [0.05, 0.1) is 31.0 Å². The van der Waals surface area contributed by atoms with Crippen LogP contribution < -0.4 is 0 Å². The van der Waals surface area contributed by atoms with Crippen LogP contribution in [0.2, 0.25) is 0 Å². The van der Waals surface area contributed by atoms with Crippen molar-refractivity contribution in [2.45, 2.75) is 204 Å². The average Bonchev–Trinajstić information content (AvgIpc) is 3.26. The average molecular weight is 931 g/mol. The SMILES string of the molecule is CCCCC/C=C\C/C=C\CCCCCCCC(=O)O[C@@H]1COC(=O)CCC/C=C\C[C@H]2C(=O)C[C@@H](O)[C@H](/C=C/[C@@H](O)CCCCC)[C@@H](O)[C@@H](O)[C@@H](OP(=O)(O)OC1)[C@H](O)[C@@H](O)[C@@H]2O. The van der Waals surface area contributed by atoms with Crippen LogP contribution in [-0.4, -0.2) is 127 Å². The molecule has 0 aromatic rings. The lowest BCUT2D eigenvalue weighted by atomic mass is 9.84. The summed E-state index contributed by atoms with van der Waals surface area (Å²) in [5.74, 6) is -5.11. The van der Waals surface area contributed by atoms with Gasteiger partial charge >= 0.3 is 19.8 Å². The second kappa shape index (κ2) is 33.0. The number of fused-ring (bicyclic) bond motifs is 4. The number of esters is 2. The van der Waals surface area contributed by atoms with E-state index in [0.29, 0.717) is 32.1 Å². The number of aliphatic hydroxyl groups excluding tert-OH is 7. The number of carbonyl (C=O) groups is 3. The fourth-order valence-corrected chi connectivity index (χ4v) is 8.52. The molecule has 0 amide bonds. The number of aliphatic hydroxyl groups is 7. The molecule has 1 saturated carbocycles. The lowest BCUT2D eigenvalue weighted by Gasteiger charge is -2.36. The van der Waals surface area contributed by atoms with E-state index in [1.54, 1.807) is 6.08 Å². The van der Waals surface area contributed by atoms with Crippen LogP contribution in [0.15, 0.2) is 48.6 Å².